The number of nitrogen functional groups attached to an aromatic ring is 1. The summed E-state index contributed by atoms with van der Waals surface area (Å²) in [5, 5.41) is 4.20. The second-order valence-electron chi connectivity index (χ2n) is 3.85. The van der Waals surface area contributed by atoms with Gasteiger partial charge < -0.3 is 20.6 Å². The molecular weight excluding hydrogens is 234 g/mol. The van der Waals surface area contributed by atoms with Crippen molar-refractivity contribution in [3.8, 4) is 5.75 Å². The molecule has 0 heterocycles. The average Bonchev–Trinajstić information content (AvgIpc) is 2.37. The highest BCUT2D eigenvalue weighted by molar-refractivity contribution is 5.96. The summed E-state index contributed by atoms with van der Waals surface area (Å²) in [6.07, 6.45) is 0. The van der Waals surface area contributed by atoms with Gasteiger partial charge in [-0.15, -0.1) is 0 Å². The van der Waals surface area contributed by atoms with Crippen molar-refractivity contribution in [2.24, 2.45) is 0 Å². The quantitative estimate of drug-likeness (QED) is 0.607. The van der Waals surface area contributed by atoms with Crippen LogP contribution in [0.4, 0.5) is 11.4 Å². The lowest BCUT2D eigenvalue weighted by Gasteiger charge is -2.21. The minimum Gasteiger partial charge on any atom is -0.495 e. The third-order valence-electron chi connectivity index (χ3n) is 2.69. The Morgan fingerprint density at radius 1 is 1.44 bits per heavy atom. The largest absolute Gasteiger partial charge is 0.495 e. The topological polar surface area (TPSA) is 76.8 Å². The molecule has 1 unspecified atom stereocenters. The van der Waals surface area contributed by atoms with E-state index < -0.39 is 6.04 Å². The Kier molecular flexibility index (Phi) is 4.94. The molecule has 0 aliphatic heterocycles. The molecule has 6 heteroatoms. The predicted octanol–water partition coefficient (Wildman–Crippen LogP) is 1.10. The Labute approximate surface area is 107 Å². The zero-order valence-corrected chi connectivity index (χ0v) is 11.1. The van der Waals surface area contributed by atoms with Gasteiger partial charge in [-0.25, -0.2) is 0 Å². The van der Waals surface area contributed by atoms with E-state index in [1.807, 2.05) is 0 Å². The number of rotatable bonds is 5. The fourth-order valence-electron chi connectivity index (χ4n) is 1.38. The van der Waals surface area contributed by atoms with E-state index in [0.717, 1.165) is 0 Å². The van der Waals surface area contributed by atoms with Crippen LogP contribution in [0, 0.1) is 0 Å². The van der Waals surface area contributed by atoms with Crippen molar-refractivity contribution >= 4 is 17.3 Å². The first-order valence-corrected chi connectivity index (χ1v) is 5.51. The summed E-state index contributed by atoms with van der Waals surface area (Å²) in [7, 11) is 4.72. The van der Waals surface area contributed by atoms with Crippen LogP contribution in [0.15, 0.2) is 18.2 Å². The molecule has 0 saturated carbocycles. The molecule has 0 aromatic heterocycles. The van der Waals surface area contributed by atoms with Crippen LogP contribution in [0.25, 0.3) is 0 Å². The highest BCUT2D eigenvalue weighted by atomic mass is 16.7. The number of likely N-dealkylation sites (N-methyl/N-ethyl adjacent to an activating group) is 1. The first kappa shape index (κ1) is 14.3. The number of anilines is 2. The summed E-state index contributed by atoms with van der Waals surface area (Å²) < 4.78 is 5.15. The monoisotopic (exact) mass is 253 g/mol. The summed E-state index contributed by atoms with van der Waals surface area (Å²) in [6.45, 7) is 1.73. The van der Waals surface area contributed by atoms with Crippen molar-refractivity contribution < 1.29 is 14.4 Å². The molecule has 0 bridgehead atoms. The molecule has 1 rings (SSSR count). The molecule has 1 atom stereocenters. The molecule has 1 aromatic carbocycles. The fourth-order valence-corrected chi connectivity index (χ4v) is 1.38. The molecule has 6 nitrogen and oxygen atoms in total. The lowest BCUT2D eigenvalue weighted by atomic mass is 10.2. The second-order valence-corrected chi connectivity index (χ2v) is 3.85. The smallest absolute Gasteiger partial charge is 0.243 e. The van der Waals surface area contributed by atoms with Crippen LogP contribution < -0.4 is 15.8 Å². The van der Waals surface area contributed by atoms with Gasteiger partial charge in [0.25, 0.3) is 0 Å². The van der Waals surface area contributed by atoms with Crippen LogP contribution in [0.5, 0.6) is 5.75 Å². The van der Waals surface area contributed by atoms with Gasteiger partial charge in [0.15, 0.2) is 0 Å². The van der Waals surface area contributed by atoms with Gasteiger partial charge in [-0.05, 0) is 25.1 Å². The van der Waals surface area contributed by atoms with Crippen molar-refractivity contribution in [1.29, 1.82) is 0 Å². The van der Waals surface area contributed by atoms with E-state index in [1.54, 1.807) is 32.2 Å². The molecule has 0 fully saturated rings. The SMILES string of the molecule is COc1ccc(N)cc1NC(=O)C(C)N(C)OC. The standard InChI is InChI=1S/C12H19N3O3/c1-8(15(2)18-4)12(16)14-10-7-9(13)5-6-11(10)17-3/h5-8H,13H2,1-4H3,(H,14,16). The van der Waals surface area contributed by atoms with Crippen LogP contribution in [-0.2, 0) is 9.63 Å². The number of methoxy groups -OCH3 is 1. The third-order valence-corrected chi connectivity index (χ3v) is 2.69. The van der Waals surface area contributed by atoms with Gasteiger partial charge in [0.05, 0.1) is 19.9 Å². The zero-order valence-electron chi connectivity index (χ0n) is 11.1. The van der Waals surface area contributed by atoms with Gasteiger partial charge in [-0.1, -0.05) is 0 Å². The van der Waals surface area contributed by atoms with E-state index >= 15 is 0 Å². The van der Waals surface area contributed by atoms with Crippen LogP contribution in [-0.4, -0.2) is 38.3 Å². The van der Waals surface area contributed by atoms with Gasteiger partial charge >= 0.3 is 0 Å². The van der Waals surface area contributed by atoms with Crippen molar-refractivity contribution in [2.75, 3.05) is 32.3 Å². The maximum Gasteiger partial charge on any atom is 0.243 e. The summed E-state index contributed by atoms with van der Waals surface area (Å²) in [6, 6.07) is 4.63. The molecule has 1 amide bonds. The number of hydrogen-bond donors (Lipinski definition) is 2. The Hall–Kier alpha value is -1.79. The maximum absolute atomic E-state index is 12.0. The number of hydrogen-bond acceptors (Lipinski definition) is 5. The first-order chi connectivity index (χ1) is 8.49. The molecule has 18 heavy (non-hydrogen) atoms. The Bertz CT molecular complexity index is 423. The molecule has 0 radical (unpaired) electrons. The fraction of sp³-hybridized carbons (Fsp3) is 0.417. The molecule has 1 aromatic rings. The van der Waals surface area contributed by atoms with E-state index in [1.165, 1.54) is 19.3 Å². The van der Waals surface area contributed by atoms with E-state index in [9.17, 15) is 4.79 Å². The van der Waals surface area contributed by atoms with Crippen molar-refractivity contribution in [3.05, 3.63) is 18.2 Å². The van der Waals surface area contributed by atoms with Crippen molar-refractivity contribution in [1.82, 2.24) is 5.06 Å². The molecular formula is C12H19N3O3. The average molecular weight is 253 g/mol. The summed E-state index contributed by atoms with van der Waals surface area (Å²) in [5.74, 6) is 0.355. The minimum absolute atomic E-state index is 0.205. The Balaban J connectivity index is 2.84. The number of hydroxylamine groups is 2. The zero-order chi connectivity index (χ0) is 13.7. The summed E-state index contributed by atoms with van der Waals surface area (Å²) in [4.78, 5) is 16.9. The summed E-state index contributed by atoms with van der Waals surface area (Å²) >= 11 is 0. The lowest BCUT2D eigenvalue weighted by molar-refractivity contribution is -0.154. The van der Waals surface area contributed by atoms with E-state index in [0.29, 0.717) is 17.1 Å². The van der Waals surface area contributed by atoms with Crippen LogP contribution >= 0.6 is 0 Å². The highest BCUT2D eigenvalue weighted by Crippen LogP contribution is 2.26. The van der Waals surface area contributed by atoms with Crippen molar-refractivity contribution in [2.45, 2.75) is 13.0 Å². The minimum atomic E-state index is -0.430. The van der Waals surface area contributed by atoms with Gasteiger partial charge in [-0.2, -0.15) is 5.06 Å². The van der Waals surface area contributed by atoms with Crippen LogP contribution in [0.3, 0.4) is 0 Å². The normalized spacial score (nSPS) is 12.3. The third kappa shape index (κ3) is 3.35. The van der Waals surface area contributed by atoms with Crippen LogP contribution in [0.2, 0.25) is 0 Å². The number of nitrogens with zero attached hydrogens (tertiary/aromatic N) is 1. The number of benzene rings is 1. The van der Waals surface area contributed by atoms with Crippen molar-refractivity contribution in [3.63, 3.8) is 0 Å². The van der Waals surface area contributed by atoms with Gasteiger partial charge in [0.1, 0.15) is 11.8 Å². The van der Waals surface area contributed by atoms with E-state index in [2.05, 4.69) is 5.32 Å². The van der Waals surface area contributed by atoms with E-state index in [-0.39, 0.29) is 5.91 Å². The number of amides is 1. The van der Waals surface area contributed by atoms with Gasteiger partial charge in [-0.3, -0.25) is 4.79 Å². The maximum atomic E-state index is 12.0. The number of nitrogens with one attached hydrogen (secondary N) is 1. The van der Waals surface area contributed by atoms with Gasteiger partial charge in [0, 0.05) is 12.7 Å². The number of nitrogens with two attached hydrogens (primary N) is 1. The highest BCUT2D eigenvalue weighted by Gasteiger charge is 2.19. The first-order valence-electron chi connectivity index (χ1n) is 5.51. The lowest BCUT2D eigenvalue weighted by Crippen LogP contribution is -2.38. The van der Waals surface area contributed by atoms with E-state index in [4.69, 9.17) is 15.3 Å². The molecule has 100 valence electrons. The predicted molar refractivity (Wildman–Crippen MR) is 70.3 cm³/mol. The Morgan fingerprint density at radius 2 is 2.11 bits per heavy atom. The molecule has 0 aliphatic rings. The molecule has 3 N–H and O–H groups in total. The molecule has 0 saturated heterocycles. The van der Waals surface area contributed by atoms with Gasteiger partial charge in [0.2, 0.25) is 5.91 Å². The Morgan fingerprint density at radius 3 is 2.67 bits per heavy atom. The number of ether oxygens (including phenoxy) is 1. The summed E-state index contributed by atoms with van der Waals surface area (Å²) in [5.41, 5.74) is 6.77. The van der Waals surface area contributed by atoms with Crippen LogP contribution in [0.1, 0.15) is 6.92 Å². The second kappa shape index (κ2) is 6.23. The molecule has 0 spiro atoms. The number of carbonyl (C=O) groups excluding carboxylic acids is 1. The number of carbonyl (C=O) groups is 1. The molecule has 0 aliphatic carbocycles.